The SMILES string of the molecule is COc1ccc(-c2csc(=Nc3ccccc3SC)n2NC(=O)CNc2ncc(C(F)(F)F)cc2Cl)cc1. The summed E-state index contributed by atoms with van der Waals surface area (Å²) in [6, 6.07) is 15.7. The van der Waals surface area contributed by atoms with Crippen molar-refractivity contribution in [2.75, 3.05) is 30.7 Å². The molecular formula is C25H21ClF3N5O2S2. The van der Waals surface area contributed by atoms with Crippen molar-refractivity contribution < 1.29 is 22.7 Å². The number of halogens is 4. The Kier molecular flexibility index (Phi) is 8.65. The number of hydrogen-bond donors (Lipinski definition) is 2. The number of amides is 1. The minimum atomic E-state index is -4.57. The van der Waals surface area contributed by atoms with Crippen molar-refractivity contribution in [2.24, 2.45) is 4.99 Å². The number of carbonyl (C=O) groups excluding carboxylic acids is 1. The number of carbonyl (C=O) groups is 1. The van der Waals surface area contributed by atoms with Gasteiger partial charge in [-0.25, -0.2) is 14.7 Å². The number of alkyl halides is 3. The zero-order chi connectivity index (χ0) is 27.3. The fourth-order valence-electron chi connectivity index (χ4n) is 3.34. The van der Waals surface area contributed by atoms with Gasteiger partial charge in [0.25, 0.3) is 5.91 Å². The van der Waals surface area contributed by atoms with Crippen LogP contribution in [0.3, 0.4) is 0 Å². The van der Waals surface area contributed by atoms with E-state index in [0.29, 0.717) is 22.4 Å². The summed E-state index contributed by atoms with van der Waals surface area (Å²) in [5, 5.41) is 4.30. The summed E-state index contributed by atoms with van der Waals surface area (Å²) in [6.07, 6.45) is -1.97. The molecule has 0 spiro atoms. The molecule has 0 saturated heterocycles. The van der Waals surface area contributed by atoms with Gasteiger partial charge in [0, 0.05) is 22.0 Å². The molecule has 0 atom stereocenters. The van der Waals surface area contributed by atoms with Crippen molar-refractivity contribution in [3.05, 3.63) is 81.6 Å². The Bertz CT molecular complexity index is 1500. The fourth-order valence-corrected chi connectivity index (χ4v) is 4.97. The second-order valence-corrected chi connectivity index (χ2v) is 9.78. The number of pyridine rings is 1. The van der Waals surface area contributed by atoms with Crippen LogP contribution >= 0.6 is 34.7 Å². The second kappa shape index (κ2) is 11.9. The summed E-state index contributed by atoms with van der Waals surface area (Å²) in [5.74, 6) is 0.151. The molecule has 4 aromatic rings. The van der Waals surface area contributed by atoms with E-state index in [1.165, 1.54) is 11.3 Å². The van der Waals surface area contributed by atoms with E-state index in [9.17, 15) is 18.0 Å². The molecule has 0 saturated carbocycles. The number of nitrogens with one attached hydrogen (secondary N) is 2. The van der Waals surface area contributed by atoms with Gasteiger partial charge in [-0.15, -0.1) is 23.1 Å². The first-order valence-corrected chi connectivity index (χ1v) is 13.5. The van der Waals surface area contributed by atoms with Gasteiger partial charge in [0.05, 0.1) is 35.6 Å². The van der Waals surface area contributed by atoms with E-state index in [0.717, 1.165) is 22.2 Å². The first kappa shape index (κ1) is 27.6. The lowest BCUT2D eigenvalue weighted by Gasteiger charge is -2.13. The van der Waals surface area contributed by atoms with E-state index < -0.39 is 17.6 Å². The van der Waals surface area contributed by atoms with Gasteiger partial charge in [-0.2, -0.15) is 13.2 Å². The molecule has 38 heavy (non-hydrogen) atoms. The number of anilines is 1. The molecule has 2 aromatic carbocycles. The van der Waals surface area contributed by atoms with Crippen LogP contribution in [-0.2, 0) is 11.0 Å². The van der Waals surface area contributed by atoms with Crippen molar-refractivity contribution in [1.29, 1.82) is 0 Å². The molecule has 0 aliphatic rings. The molecule has 1 amide bonds. The summed E-state index contributed by atoms with van der Waals surface area (Å²) < 4.78 is 45.5. The Balaban J connectivity index is 1.63. The number of methoxy groups -OCH3 is 1. The Morgan fingerprint density at radius 1 is 1.21 bits per heavy atom. The number of thiazole rings is 1. The summed E-state index contributed by atoms with van der Waals surface area (Å²) in [7, 11) is 1.57. The van der Waals surface area contributed by atoms with E-state index in [2.05, 4.69) is 15.7 Å². The van der Waals surface area contributed by atoms with Gasteiger partial charge in [-0.1, -0.05) is 23.7 Å². The zero-order valence-corrected chi connectivity index (χ0v) is 22.4. The molecule has 0 bridgehead atoms. The topological polar surface area (TPSA) is 80.5 Å². The molecule has 2 aromatic heterocycles. The molecule has 2 heterocycles. The van der Waals surface area contributed by atoms with Crippen molar-refractivity contribution in [3.63, 3.8) is 0 Å². The minimum absolute atomic E-state index is 0.0423. The van der Waals surface area contributed by atoms with Crippen molar-refractivity contribution >= 4 is 52.1 Å². The van der Waals surface area contributed by atoms with Gasteiger partial charge >= 0.3 is 6.18 Å². The van der Waals surface area contributed by atoms with Crippen LogP contribution in [-0.4, -0.2) is 35.5 Å². The normalized spacial score (nSPS) is 11.9. The van der Waals surface area contributed by atoms with Gasteiger partial charge in [0.2, 0.25) is 4.80 Å². The highest BCUT2D eigenvalue weighted by Gasteiger charge is 2.31. The number of hydrogen-bond acceptors (Lipinski definition) is 7. The largest absolute Gasteiger partial charge is 0.497 e. The molecule has 13 heteroatoms. The maximum Gasteiger partial charge on any atom is 0.417 e. The maximum absolute atomic E-state index is 12.9. The number of benzene rings is 2. The molecule has 0 radical (unpaired) electrons. The number of nitrogens with zero attached hydrogens (tertiary/aromatic N) is 3. The monoisotopic (exact) mass is 579 g/mol. The van der Waals surface area contributed by atoms with Crippen molar-refractivity contribution in [1.82, 2.24) is 9.66 Å². The third-order valence-electron chi connectivity index (χ3n) is 5.22. The predicted octanol–water partition coefficient (Wildman–Crippen LogP) is 6.43. The molecule has 4 rings (SSSR count). The minimum Gasteiger partial charge on any atom is -0.497 e. The maximum atomic E-state index is 12.9. The molecule has 0 fully saturated rings. The average molecular weight is 580 g/mol. The van der Waals surface area contributed by atoms with Crippen LogP contribution in [0.4, 0.5) is 24.7 Å². The van der Waals surface area contributed by atoms with Crippen LogP contribution in [0.25, 0.3) is 11.3 Å². The third kappa shape index (κ3) is 6.50. The number of rotatable bonds is 8. The third-order valence-corrected chi connectivity index (χ3v) is 7.12. The number of thioether (sulfide) groups is 1. The highest BCUT2D eigenvalue weighted by atomic mass is 35.5. The van der Waals surface area contributed by atoms with Gasteiger partial charge < -0.3 is 10.1 Å². The number of ether oxygens (including phenoxy) is 1. The molecule has 0 aliphatic carbocycles. The van der Waals surface area contributed by atoms with Crippen LogP contribution in [0.2, 0.25) is 5.02 Å². The van der Waals surface area contributed by atoms with E-state index in [1.807, 2.05) is 48.0 Å². The molecule has 7 nitrogen and oxygen atoms in total. The van der Waals surface area contributed by atoms with E-state index >= 15 is 0 Å². The van der Waals surface area contributed by atoms with Gasteiger partial charge in [0.1, 0.15) is 11.6 Å². The number of para-hydroxylation sites is 1. The molecule has 198 valence electrons. The lowest BCUT2D eigenvalue weighted by Crippen LogP contribution is -2.34. The Hall–Kier alpha value is -3.48. The highest BCUT2D eigenvalue weighted by molar-refractivity contribution is 7.98. The molecule has 2 N–H and O–H groups in total. The lowest BCUT2D eigenvalue weighted by atomic mass is 10.2. The van der Waals surface area contributed by atoms with Crippen LogP contribution < -0.4 is 20.3 Å². The van der Waals surface area contributed by atoms with E-state index in [-0.39, 0.29) is 17.4 Å². The van der Waals surface area contributed by atoms with Crippen LogP contribution in [0, 0.1) is 0 Å². The first-order valence-electron chi connectivity index (χ1n) is 11.0. The molecular weight excluding hydrogens is 559 g/mol. The quantitative estimate of drug-likeness (QED) is 0.235. The summed E-state index contributed by atoms with van der Waals surface area (Å²) in [4.78, 5) is 22.9. The zero-order valence-electron chi connectivity index (χ0n) is 20.0. The number of aromatic nitrogens is 2. The molecule has 0 unspecified atom stereocenters. The van der Waals surface area contributed by atoms with Gasteiger partial charge in [0.15, 0.2) is 0 Å². The second-order valence-electron chi connectivity index (χ2n) is 7.69. The van der Waals surface area contributed by atoms with Crippen LogP contribution in [0.1, 0.15) is 5.56 Å². The Morgan fingerprint density at radius 3 is 2.61 bits per heavy atom. The van der Waals surface area contributed by atoms with Crippen LogP contribution in [0.5, 0.6) is 5.75 Å². The van der Waals surface area contributed by atoms with E-state index in [4.69, 9.17) is 21.3 Å². The fraction of sp³-hybridized carbons (Fsp3) is 0.160. The summed E-state index contributed by atoms with van der Waals surface area (Å²) in [5.41, 5.74) is 4.06. The molecule has 0 aliphatic heterocycles. The first-order chi connectivity index (χ1) is 18.2. The van der Waals surface area contributed by atoms with Gasteiger partial charge in [-0.3, -0.25) is 10.2 Å². The average Bonchev–Trinajstić information content (AvgIpc) is 3.29. The summed E-state index contributed by atoms with van der Waals surface area (Å²) in [6.45, 7) is -0.302. The standard InChI is InChI=1S/C25H21ClF3N5O2S2/c1-36-17-9-7-15(8-10-17)20-14-38-24(32-19-5-3-4-6-21(19)37-2)34(20)33-22(35)13-31-23-18(26)11-16(12-30-23)25(27,28)29/h3-12,14H,13H2,1-2H3,(H,30,31)(H,33,35). The smallest absolute Gasteiger partial charge is 0.417 e. The van der Waals surface area contributed by atoms with Crippen LogP contribution in [0.15, 0.2) is 76.1 Å². The van der Waals surface area contributed by atoms with Crippen molar-refractivity contribution in [3.8, 4) is 17.0 Å². The van der Waals surface area contributed by atoms with Crippen molar-refractivity contribution in [2.45, 2.75) is 11.1 Å². The van der Waals surface area contributed by atoms with Gasteiger partial charge in [-0.05, 0) is 48.7 Å². The Labute approximate surface area is 229 Å². The van der Waals surface area contributed by atoms with E-state index in [1.54, 1.807) is 35.7 Å². The highest BCUT2D eigenvalue weighted by Crippen LogP contribution is 2.32. The summed E-state index contributed by atoms with van der Waals surface area (Å²) >= 11 is 8.84. The predicted molar refractivity (Wildman–Crippen MR) is 145 cm³/mol. The Morgan fingerprint density at radius 2 is 1.95 bits per heavy atom. The lowest BCUT2D eigenvalue weighted by molar-refractivity contribution is -0.137.